The second-order valence-electron chi connectivity index (χ2n) is 3.82. The molecule has 0 amide bonds. The van der Waals surface area contributed by atoms with Crippen LogP contribution in [0.15, 0.2) is 18.2 Å². The van der Waals surface area contributed by atoms with Gasteiger partial charge in [0.15, 0.2) is 0 Å². The number of fused-ring (bicyclic) bond motifs is 1. The van der Waals surface area contributed by atoms with Crippen molar-refractivity contribution in [3.63, 3.8) is 0 Å². The molecule has 2 aliphatic rings. The first-order valence-corrected chi connectivity index (χ1v) is 4.89. The first kappa shape index (κ1) is 8.24. The van der Waals surface area contributed by atoms with E-state index in [1.54, 1.807) is 12.1 Å². The number of rotatable bonds is 1. The maximum atomic E-state index is 12.9. The van der Waals surface area contributed by atoms with Gasteiger partial charge in [0.2, 0.25) is 0 Å². The zero-order valence-electron chi connectivity index (χ0n) is 7.70. The quantitative estimate of drug-likeness (QED) is 0.637. The fraction of sp³-hybridized carbons (Fsp3) is 0.455. The maximum absolute atomic E-state index is 12.9. The maximum Gasteiger partial charge on any atom is 0.127 e. The summed E-state index contributed by atoms with van der Waals surface area (Å²) >= 11 is 0. The monoisotopic (exact) mass is 194 g/mol. The predicted octanol–water partition coefficient (Wildman–Crippen LogP) is 1.92. The summed E-state index contributed by atoms with van der Waals surface area (Å²) in [4.78, 5) is 0. The third-order valence-corrected chi connectivity index (χ3v) is 2.77. The molecule has 2 heterocycles. The Bertz CT molecular complexity index is 360. The van der Waals surface area contributed by atoms with Gasteiger partial charge in [-0.15, -0.1) is 0 Å². The van der Waals surface area contributed by atoms with Crippen LogP contribution in [0, 0.1) is 5.82 Å². The molecule has 0 aromatic heterocycles. The molecule has 1 fully saturated rings. The van der Waals surface area contributed by atoms with Gasteiger partial charge in [0, 0.05) is 0 Å². The third kappa shape index (κ3) is 1.38. The first-order valence-electron chi connectivity index (χ1n) is 4.89. The van der Waals surface area contributed by atoms with Crippen LogP contribution in [0.4, 0.5) is 4.39 Å². The number of hydrogen-bond donors (Lipinski definition) is 0. The van der Waals surface area contributed by atoms with E-state index in [1.807, 2.05) is 0 Å². The predicted molar refractivity (Wildman–Crippen MR) is 48.9 cm³/mol. The van der Waals surface area contributed by atoms with Crippen molar-refractivity contribution in [3.8, 4) is 5.75 Å². The molecule has 2 nitrogen and oxygen atoms in total. The fourth-order valence-corrected chi connectivity index (χ4v) is 1.91. The van der Waals surface area contributed by atoms with E-state index in [9.17, 15) is 4.39 Å². The Morgan fingerprint density at radius 1 is 1.29 bits per heavy atom. The van der Waals surface area contributed by atoms with Gasteiger partial charge in [-0.05, 0) is 36.6 Å². The Hall–Kier alpha value is -1.09. The van der Waals surface area contributed by atoms with Crippen molar-refractivity contribution in [1.29, 1.82) is 0 Å². The Morgan fingerprint density at radius 2 is 2.14 bits per heavy atom. The number of epoxide rings is 1. The highest BCUT2D eigenvalue weighted by Crippen LogP contribution is 2.32. The highest BCUT2D eigenvalue weighted by molar-refractivity contribution is 5.36. The second kappa shape index (κ2) is 2.95. The molecule has 1 aromatic carbocycles. The largest absolute Gasteiger partial charge is 0.487 e. The van der Waals surface area contributed by atoms with Crippen LogP contribution in [-0.4, -0.2) is 18.8 Å². The van der Waals surface area contributed by atoms with Crippen LogP contribution in [0.25, 0.3) is 0 Å². The Labute approximate surface area is 81.6 Å². The van der Waals surface area contributed by atoms with Gasteiger partial charge in [0.1, 0.15) is 23.8 Å². The van der Waals surface area contributed by atoms with Crippen LogP contribution in [0.2, 0.25) is 0 Å². The molecular formula is C11H11FO2. The standard InChI is InChI=1S/C11H11FO2/c12-8-2-4-9-7(5-8)1-3-10(14-9)11-6-13-11/h2,4-5,10-11H,1,3,6H2/t10?,11-/m0/s1. The summed E-state index contributed by atoms with van der Waals surface area (Å²) < 4.78 is 23.8. The molecule has 1 saturated heterocycles. The third-order valence-electron chi connectivity index (χ3n) is 2.77. The Kier molecular flexibility index (Phi) is 1.74. The molecule has 3 rings (SSSR count). The van der Waals surface area contributed by atoms with Crippen LogP contribution in [0.1, 0.15) is 12.0 Å². The van der Waals surface area contributed by atoms with Gasteiger partial charge < -0.3 is 9.47 Å². The molecule has 14 heavy (non-hydrogen) atoms. The average Bonchev–Trinajstić information content (AvgIpc) is 3.00. The van der Waals surface area contributed by atoms with E-state index in [4.69, 9.17) is 9.47 Å². The second-order valence-corrected chi connectivity index (χ2v) is 3.82. The van der Waals surface area contributed by atoms with Crippen LogP contribution < -0.4 is 4.74 Å². The summed E-state index contributed by atoms with van der Waals surface area (Å²) in [6.07, 6.45) is 2.26. The van der Waals surface area contributed by atoms with E-state index in [0.717, 1.165) is 30.8 Å². The van der Waals surface area contributed by atoms with Crippen molar-refractivity contribution in [2.24, 2.45) is 0 Å². The highest BCUT2D eigenvalue weighted by Gasteiger charge is 2.36. The molecule has 74 valence electrons. The smallest absolute Gasteiger partial charge is 0.127 e. The lowest BCUT2D eigenvalue weighted by Gasteiger charge is -2.24. The van der Waals surface area contributed by atoms with E-state index in [-0.39, 0.29) is 18.0 Å². The summed E-state index contributed by atoms with van der Waals surface area (Å²) in [6, 6.07) is 4.70. The van der Waals surface area contributed by atoms with Gasteiger partial charge in [-0.2, -0.15) is 0 Å². The molecular weight excluding hydrogens is 183 g/mol. The summed E-state index contributed by atoms with van der Waals surface area (Å²) in [7, 11) is 0. The van der Waals surface area contributed by atoms with Crippen LogP contribution in [0.5, 0.6) is 5.75 Å². The summed E-state index contributed by atoms with van der Waals surface area (Å²) in [5, 5.41) is 0. The molecule has 0 aliphatic carbocycles. The summed E-state index contributed by atoms with van der Waals surface area (Å²) in [5.74, 6) is 0.631. The molecule has 0 N–H and O–H groups in total. The van der Waals surface area contributed by atoms with E-state index < -0.39 is 0 Å². The van der Waals surface area contributed by atoms with Crippen molar-refractivity contribution >= 4 is 0 Å². The lowest BCUT2D eigenvalue weighted by atomic mass is 10.0. The van der Waals surface area contributed by atoms with Crippen molar-refractivity contribution in [1.82, 2.24) is 0 Å². The molecule has 0 spiro atoms. The molecule has 0 bridgehead atoms. The van der Waals surface area contributed by atoms with Crippen LogP contribution in [-0.2, 0) is 11.2 Å². The minimum atomic E-state index is -0.187. The van der Waals surface area contributed by atoms with E-state index in [1.165, 1.54) is 6.07 Å². The number of hydrogen-bond acceptors (Lipinski definition) is 2. The van der Waals surface area contributed by atoms with Crippen molar-refractivity contribution < 1.29 is 13.9 Å². The van der Waals surface area contributed by atoms with Gasteiger partial charge in [-0.1, -0.05) is 0 Å². The number of benzene rings is 1. The fourth-order valence-electron chi connectivity index (χ4n) is 1.91. The molecule has 1 unspecified atom stereocenters. The van der Waals surface area contributed by atoms with Crippen molar-refractivity contribution in [2.45, 2.75) is 25.0 Å². The van der Waals surface area contributed by atoms with Gasteiger partial charge in [-0.3, -0.25) is 0 Å². The van der Waals surface area contributed by atoms with Crippen LogP contribution >= 0.6 is 0 Å². The zero-order chi connectivity index (χ0) is 9.54. The van der Waals surface area contributed by atoms with Crippen molar-refractivity contribution in [2.75, 3.05) is 6.61 Å². The van der Waals surface area contributed by atoms with E-state index in [2.05, 4.69) is 0 Å². The Balaban J connectivity index is 1.86. The molecule has 3 heteroatoms. The molecule has 2 aliphatic heterocycles. The van der Waals surface area contributed by atoms with Crippen LogP contribution in [0.3, 0.4) is 0 Å². The van der Waals surface area contributed by atoms with Gasteiger partial charge in [0.05, 0.1) is 6.61 Å². The first-order chi connectivity index (χ1) is 6.83. The SMILES string of the molecule is Fc1ccc2c(c1)CCC([C@@H]1CO1)O2. The minimum absolute atomic E-state index is 0.174. The van der Waals surface area contributed by atoms with Gasteiger partial charge >= 0.3 is 0 Å². The van der Waals surface area contributed by atoms with E-state index >= 15 is 0 Å². The number of aryl methyl sites for hydroxylation is 1. The number of halogens is 1. The molecule has 2 atom stereocenters. The minimum Gasteiger partial charge on any atom is -0.487 e. The molecule has 0 saturated carbocycles. The summed E-state index contributed by atoms with van der Waals surface area (Å²) in [5.41, 5.74) is 0.974. The Morgan fingerprint density at radius 3 is 2.93 bits per heavy atom. The summed E-state index contributed by atoms with van der Waals surface area (Å²) in [6.45, 7) is 0.807. The zero-order valence-corrected chi connectivity index (χ0v) is 7.70. The topological polar surface area (TPSA) is 21.8 Å². The van der Waals surface area contributed by atoms with E-state index in [0.29, 0.717) is 0 Å². The molecule has 0 radical (unpaired) electrons. The van der Waals surface area contributed by atoms with Gasteiger partial charge in [-0.25, -0.2) is 4.39 Å². The molecule has 1 aromatic rings. The number of ether oxygens (including phenoxy) is 2. The lowest BCUT2D eigenvalue weighted by molar-refractivity contribution is 0.136. The normalized spacial score (nSPS) is 29.2. The highest BCUT2D eigenvalue weighted by atomic mass is 19.1. The van der Waals surface area contributed by atoms with Crippen molar-refractivity contribution in [3.05, 3.63) is 29.6 Å². The van der Waals surface area contributed by atoms with Gasteiger partial charge in [0.25, 0.3) is 0 Å². The average molecular weight is 194 g/mol. The lowest BCUT2D eigenvalue weighted by Crippen LogP contribution is -2.27.